The molecule has 5 nitrogen and oxygen atoms in total. The lowest BCUT2D eigenvalue weighted by Crippen LogP contribution is -2.50. The Morgan fingerprint density at radius 2 is 1.77 bits per heavy atom. The molecule has 128 valence electrons. The molecular formula is C13H21F3N2O3S. The molecule has 0 N–H and O–H groups in total. The van der Waals surface area contributed by atoms with Crippen molar-refractivity contribution in [2.75, 3.05) is 25.9 Å². The molecular weight excluding hydrogens is 321 g/mol. The summed E-state index contributed by atoms with van der Waals surface area (Å²) < 4.78 is 61.4. The molecule has 1 amide bonds. The minimum atomic E-state index is -4.59. The third-order valence-corrected chi connectivity index (χ3v) is 4.64. The van der Waals surface area contributed by atoms with Crippen molar-refractivity contribution < 1.29 is 26.4 Å². The third kappa shape index (κ3) is 5.96. The van der Waals surface area contributed by atoms with Crippen LogP contribution in [0.25, 0.3) is 0 Å². The zero-order valence-corrected chi connectivity index (χ0v) is 13.7. The standard InChI is InChI=1S/C13H21F3N2O3S/c1-10(2)8-12(19)17-6-4-11(5-7-17)18(22(3,20)21)9-13(14,15)16/h8,11H,4-7,9H2,1-3H3. The predicted octanol–water partition coefficient (Wildman–Crippen LogP) is 1.77. The summed E-state index contributed by atoms with van der Waals surface area (Å²) in [7, 11) is -3.96. The van der Waals surface area contributed by atoms with Gasteiger partial charge < -0.3 is 4.90 Å². The first kappa shape index (κ1) is 19.0. The van der Waals surface area contributed by atoms with Gasteiger partial charge in [-0.1, -0.05) is 5.57 Å². The van der Waals surface area contributed by atoms with E-state index in [0.717, 1.165) is 11.8 Å². The second-order valence-corrected chi connectivity index (χ2v) is 7.64. The van der Waals surface area contributed by atoms with Crippen LogP contribution in [0, 0.1) is 0 Å². The number of allylic oxidation sites excluding steroid dienone is 1. The molecule has 0 radical (unpaired) electrons. The van der Waals surface area contributed by atoms with E-state index in [1.54, 1.807) is 13.8 Å². The normalized spacial score (nSPS) is 17.7. The topological polar surface area (TPSA) is 57.7 Å². The molecule has 1 fully saturated rings. The van der Waals surface area contributed by atoms with Crippen LogP contribution in [-0.4, -0.2) is 61.6 Å². The Morgan fingerprint density at radius 1 is 1.27 bits per heavy atom. The highest BCUT2D eigenvalue weighted by Gasteiger charge is 2.39. The summed E-state index contributed by atoms with van der Waals surface area (Å²) >= 11 is 0. The Hall–Kier alpha value is -1.09. The van der Waals surface area contributed by atoms with Crippen molar-refractivity contribution in [1.82, 2.24) is 9.21 Å². The maximum Gasteiger partial charge on any atom is 0.402 e. The summed E-state index contributed by atoms with van der Waals surface area (Å²) in [4.78, 5) is 13.4. The summed E-state index contributed by atoms with van der Waals surface area (Å²) in [6.07, 6.45) is -1.95. The van der Waals surface area contributed by atoms with Crippen LogP contribution in [0.1, 0.15) is 26.7 Å². The van der Waals surface area contributed by atoms with E-state index in [2.05, 4.69) is 0 Å². The third-order valence-electron chi connectivity index (χ3n) is 3.36. The van der Waals surface area contributed by atoms with Gasteiger partial charge in [-0.05, 0) is 26.7 Å². The van der Waals surface area contributed by atoms with Crippen molar-refractivity contribution in [3.8, 4) is 0 Å². The number of nitrogens with zero attached hydrogens (tertiary/aromatic N) is 2. The molecule has 0 aromatic heterocycles. The highest BCUT2D eigenvalue weighted by molar-refractivity contribution is 7.88. The van der Waals surface area contributed by atoms with Gasteiger partial charge in [-0.25, -0.2) is 8.42 Å². The van der Waals surface area contributed by atoms with Crippen molar-refractivity contribution in [2.24, 2.45) is 0 Å². The molecule has 0 aromatic carbocycles. The van der Waals surface area contributed by atoms with Crippen molar-refractivity contribution in [3.63, 3.8) is 0 Å². The molecule has 1 aliphatic heterocycles. The first-order valence-electron chi connectivity index (χ1n) is 6.87. The Morgan fingerprint density at radius 3 is 2.14 bits per heavy atom. The molecule has 0 aliphatic carbocycles. The molecule has 0 aromatic rings. The summed E-state index contributed by atoms with van der Waals surface area (Å²) in [5.74, 6) is -0.194. The van der Waals surface area contributed by atoms with Crippen molar-refractivity contribution in [3.05, 3.63) is 11.6 Å². The predicted molar refractivity (Wildman–Crippen MR) is 76.6 cm³/mol. The van der Waals surface area contributed by atoms with Crippen molar-refractivity contribution >= 4 is 15.9 Å². The van der Waals surface area contributed by atoms with Crippen LogP contribution in [0.5, 0.6) is 0 Å². The molecule has 0 unspecified atom stereocenters. The van der Waals surface area contributed by atoms with E-state index >= 15 is 0 Å². The lowest BCUT2D eigenvalue weighted by atomic mass is 10.0. The number of hydrogen-bond donors (Lipinski definition) is 0. The maximum absolute atomic E-state index is 12.6. The quantitative estimate of drug-likeness (QED) is 0.732. The summed E-state index contributed by atoms with van der Waals surface area (Å²) in [6, 6.07) is -0.729. The van der Waals surface area contributed by atoms with Gasteiger partial charge in [0.15, 0.2) is 0 Å². The average Bonchev–Trinajstić information content (AvgIpc) is 2.33. The molecule has 0 spiro atoms. The second kappa shape index (κ2) is 6.99. The van der Waals surface area contributed by atoms with E-state index in [4.69, 9.17) is 0 Å². The lowest BCUT2D eigenvalue weighted by Gasteiger charge is -2.37. The van der Waals surface area contributed by atoms with Gasteiger partial charge in [-0.15, -0.1) is 0 Å². The van der Waals surface area contributed by atoms with Crippen molar-refractivity contribution in [1.29, 1.82) is 0 Å². The van der Waals surface area contributed by atoms with Gasteiger partial charge in [0.25, 0.3) is 0 Å². The van der Waals surface area contributed by atoms with Gasteiger partial charge in [-0.2, -0.15) is 17.5 Å². The molecule has 0 bridgehead atoms. The SMILES string of the molecule is CC(C)=CC(=O)N1CCC(N(CC(F)(F)F)S(C)(=O)=O)CC1. The van der Waals surface area contributed by atoms with Gasteiger partial charge in [-0.3, -0.25) is 4.79 Å². The van der Waals surface area contributed by atoms with Crippen LogP contribution >= 0.6 is 0 Å². The minimum Gasteiger partial charge on any atom is -0.339 e. The summed E-state index contributed by atoms with van der Waals surface area (Å²) in [6.45, 7) is 2.56. The Labute approximate surface area is 128 Å². The van der Waals surface area contributed by atoms with Crippen LogP contribution in [0.3, 0.4) is 0 Å². The Balaban J connectivity index is 2.75. The van der Waals surface area contributed by atoms with E-state index < -0.39 is 28.8 Å². The van der Waals surface area contributed by atoms with Gasteiger partial charge in [0.2, 0.25) is 15.9 Å². The number of rotatable bonds is 4. The number of hydrogen-bond acceptors (Lipinski definition) is 3. The number of piperidine rings is 1. The van der Waals surface area contributed by atoms with Crippen LogP contribution < -0.4 is 0 Å². The summed E-state index contributed by atoms with van der Waals surface area (Å²) in [5.41, 5.74) is 0.835. The molecule has 1 saturated heterocycles. The summed E-state index contributed by atoms with van der Waals surface area (Å²) in [5, 5.41) is 0. The first-order valence-corrected chi connectivity index (χ1v) is 8.72. The molecule has 1 heterocycles. The molecule has 9 heteroatoms. The number of carbonyl (C=O) groups is 1. The fourth-order valence-electron chi connectivity index (χ4n) is 2.41. The molecule has 0 saturated carbocycles. The van der Waals surface area contributed by atoms with E-state index in [1.807, 2.05) is 0 Å². The fourth-order valence-corrected chi connectivity index (χ4v) is 3.54. The fraction of sp³-hybridized carbons (Fsp3) is 0.769. The van der Waals surface area contributed by atoms with E-state index in [9.17, 15) is 26.4 Å². The molecule has 1 aliphatic rings. The lowest BCUT2D eigenvalue weighted by molar-refractivity contribution is -0.142. The Kier molecular flexibility index (Phi) is 6.03. The first-order chi connectivity index (χ1) is 9.90. The zero-order chi connectivity index (χ0) is 17.1. The molecule has 22 heavy (non-hydrogen) atoms. The van der Waals surface area contributed by atoms with Gasteiger partial charge >= 0.3 is 6.18 Å². The number of amides is 1. The van der Waals surface area contributed by atoms with Crippen molar-refractivity contribution in [2.45, 2.75) is 38.9 Å². The number of halogens is 3. The van der Waals surface area contributed by atoms with Gasteiger partial charge in [0, 0.05) is 25.2 Å². The zero-order valence-electron chi connectivity index (χ0n) is 12.9. The van der Waals surface area contributed by atoms with Crippen LogP contribution in [-0.2, 0) is 14.8 Å². The largest absolute Gasteiger partial charge is 0.402 e. The maximum atomic E-state index is 12.6. The molecule has 0 atom stereocenters. The number of carbonyl (C=O) groups excluding carboxylic acids is 1. The monoisotopic (exact) mass is 342 g/mol. The highest BCUT2D eigenvalue weighted by Crippen LogP contribution is 2.25. The van der Waals surface area contributed by atoms with Crippen LogP contribution in [0.15, 0.2) is 11.6 Å². The average molecular weight is 342 g/mol. The van der Waals surface area contributed by atoms with E-state index in [1.165, 1.54) is 11.0 Å². The number of alkyl halides is 3. The molecule has 1 rings (SSSR count). The smallest absolute Gasteiger partial charge is 0.339 e. The highest BCUT2D eigenvalue weighted by atomic mass is 32.2. The number of likely N-dealkylation sites (tertiary alicyclic amines) is 1. The van der Waals surface area contributed by atoms with Gasteiger partial charge in [0.1, 0.15) is 6.54 Å². The Bertz CT molecular complexity index is 531. The number of sulfonamides is 1. The van der Waals surface area contributed by atoms with Gasteiger partial charge in [0.05, 0.1) is 6.26 Å². The van der Waals surface area contributed by atoms with Crippen LogP contribution in [0.2, 0.25) is 0 Å². The minimum absolute atomic E-state index is 0.194. The van der Waals surface area contributed by atoms with E-state index in [-0.39, 0.29) is 31.8 Å². The van der Waals surface area contributed by atoms with Crippen LogP contribution in [0.4, 0.5) is 13.2 Å². The second-order valence-electron chi connectivity index (χ2n) is 5.70. The van der Waals surface area contributed by atoms with E-state index in [0.29, 0.717) is 4.31 Å².